The maximum atomic E-state index is 5.47. The van der Waals surface area contributed by atoms with Crippen molar-refractivity contribution in [3.8, 4) is 0 Å². The van der Waals surface area contributed by atoms with Crippen molar-refractivity contribution >= 4 is 21.4 Å². The quantitative estimate of drug-likeness (QED) is 0.919. The molecular weight excluding hydrogens is 280 g/mol. The van der Waals surface area contributed by atoms with Gasteiger partial charge in [-0.3, -0.25) is 4.90 Å². The molecule has 2 heterocycles. The Hall–Kier alpha value is -0.940. The molecule has 1 N–H and O–H groups in total. The minimum Gasteiger partial charge on any atom is -0.379 e. The number of benzene rings is 1. The zero-order valence-electron chi connectivity index (χ0n) is 12.3. The fourth-order valence-electron chi connectivity index (χ4n) is 2.97. The van der Waals surface area contributed by atoms with Crippen molar-refractivity contribution in [2.24, 2.45) is 0 Å². The van der Waals surface area contributed by atoms with Crippen molar-refractivity contribution in [1.29, 1.82) is 0 Å². The lowest BCUT2D eigenvalue weighted by molar-refractivity contribution is 0.0343. The van der Waals surface area contributed by atoms with E-state index < -0.39 is 0 Å². The van der Waals surface area contributed by atoms with Gasteiger partial charge >= 0.3 is 0 Å². The van der Waals surface area contributed by atoms with E-state index >= 15 is 0 Å². The Labute approximate surface area is 129 Å². The zero-order valence-corrected chi connectivity index (χ0v) is 13.1. The molecule has 0 spiro atoms. The summed E-state index contributed by atoms with van der Waals surface area (Å²) in [7, 11) is 0. The van der Waals surface area contributed by atoms with E-state index in [9.17, 15) is 0 Å². The molecule has 0 radical (unpaired) electrons. The maximum absolute atomic E-state index is 5.47. The van der Waals surface area contributed by atoms with E-state index in [-0.39, 0.29) is 0 Å². The standard InChI is InChI=1S/C17H22N2OS/c1-2-4-16-14(3-1)15(12-19-7-9-20-10-8-19)17(21-16)11-18-13-5-6-13/h1-4,13,18H,5-12H2. The second-order valence-corrected chi connectivity index (χ2v) is 7.18. The summed E-state index contributed by atoms with van der Waals surface area (Å²) in [5.41, 5.74) is 1.53. The third kappa shape index (κ3) is 3.14. The summed E-state index contributed by atoms with van der Waals surface area (Å²) in [6.07, 6.45) is 2.70. The minimum absolute atomic E-state index is 0.770. The van der Waals surface area contributed by atoms with Crippen LogP contribution in [0.1, 0.15) is 23.3 Å². The molecule has 1 aliphatic heterocycles. The Morgan fingerprint density at radius 1 is 1.19 bits per heavy atom. The Kier molecular flexibility index (Phi) is 3.95. The van der Waals surface area contributed by atoms with Crippen LogP contribution in [0, 0.1) is 0 Å². The second-order valence-electron chi connectivity index (χ2n) is 6.04. The van der Waals surface area contributed by atoms with Crippen molar-refractivity contribution in [2.45, 2.75) is 32.0 Å². The predicted octanol–water partition coefficient (Wildman–Crippen LogP) is 2.99. The fourth-order valence-corrected chi connectivity index (χ4v) is 4.14. The highest BCUT2D eigenvalue weighted by molar-refractivity contribution is 7.19. The van der Waals surface area contributed by atoms with Crippen LogP contribution in [0.15, 0.2) is 24.3 Å². The average Bonchev–Trinajstić information content (AvgIpc) is 3.30. The van der Waals surface area contributed by atoms with Gasteiger partial charge in [0.05, 0.1) is 13.2 Å². The maximum Gasteiger partial charge on any atom is 0.0594 e. The number of nitrogens with one attached hydrogen (secondary N) is 1. The normalized spacial score (nSPS) is 20.2. The van der Waals surface area contributed by atoms with Gasteiger partial charge in [0.2, 0.25) is 0 Å². The van der Waals surface area contributed by atoms with Crippen LogP contribution in [0.2, 0.25) is 0 Å². The number of hydrogen-bond acceptors (Lipinski definition) is 4. The van der Waals surface area contributed by atoms with Crippen LogP contribution in [-0.4, -0.2) is 37.2 Å². The van der Waals surface area contributed by atoms with E-state index in [2.05, 4.69) is 34.5 Å². The van der Waals surface area contributed by atoms with E-state index in [1.165, 1.54) is 33.4 Å². The number of morpholine rings is 1. The van der Waals surface area contributed by atoms with Crippen LogP contribution in [0.4, 0.5) is 0 Å². The van der Waals surface area contributed by atoms with Crippen LogP contribution in [0.5, 0.6) is 0 Å². The van der Waals surface area contributed by atoms with Crippen LogP contribution in [-0.2, 0) is 17.8 Å². The van der Waals surface area contributed by atoms with Crippen molar-refractivity contribution in [2.75, 3.05) is 26.3 Å². The monoisotopic (exact) mass is 302 g/mol. The highest BCUT2D eigenvalue weighted by Gasteiger charge is 2.22. The molecule has 4 rings (SSSR count). The van der Waals surface area contributed by atoms with E-state index in [0.29, 0.717) is 0 Å². The summed E-state index contributed by atoms with van der Waals surface area (Å²) in [6.45, 7) is 5.95. The molecule has 21 heavy (non-hydrogen) atoms. The molecule has 3 nitrogen and oxygen atoms in total. The van der Waals surface area contributed by atoms with Gasteiger partial charge in [-0.05, 0) is 29.9 Å². The van der Waals surface area contributed by atoms with Gasteiger partial charge in [0.25, 0.3) is 0 Å². The fraction of sp³-hybridized carbons (Fsp3) is 0.529. The number of nitrogens with zero attached hydrogens (tertiary/aromatic N) is 1. The third-order valence-electron chi connectivity index (χ3n) is 4.40. The number of thiophene rings is 1. The van der Waals surface area contributed by atoms with Gasteiger partial charge in [0, 0.05) is 41.8 Å². The molecule has 1 saturated carbocycles. The largest absolute Gasteiger partial charge is 0.379 e. The highest BCUT2D eigenvalue weighted by Crippen LogP contribution is 2.33. The zero-order chi connectivity index (χ0) is 14.1. The van der Waals surface area contributed by atoms with Gasteiger partial charge in [-0.1, -0.05) is 18.2 Å². The summed E-state index contributed by atoms with van der Waals surface area (Å²) in [6, 6.07) is 9.61. The minimum atomic E-state index is 0.770. The van der Waals surface area contributed by atoms with Crippen LogP contribution >= 0.6 is 11.3 Å². The van der Waals surface area contributed by atoms with Crippen LogP contribution < -0.4 is 5.32 Å². The lowest BCUT2D eigenvalue weighted by atomic mass is 10.1. The van der Waals surface area contributed by atoms with Gasteiger partial charge < -0.3 is 10.1 Å². The smallest absolute Gasteiger partial charge is 0.0594 e. The Balaban J connectivity index is 1.60. The first-order chi connectivity index (χ1) is 10.4. The molecule has 112 valence electrons. The van der Waals surface area contributed by atoms with Crippen molar-refractivity contribution in [3.05, 3.63) is 34.7 Å². The number of fused-ring (bicyclic) bond motifs is 1. The molecule has 0 bridgehead atoms. The summed E-state index contributed by atoms with van der Waals surface area (Å²) in [5.74, 6) is 0. The van der Waals surface area contributed by atoms with Crippen molar-refractivity contribution in [3.63, 3.8) is 0 Å². The Morgan fingerprint density at radius 2 is 2.00 bits per heavy atom. The van der Waals surface area contributed by atoms with E-state index in [1.807, 2.05) is 11.3 Å². The summed E-state index contributed by atoms with van der Waals surface area (Å²) in [5, 5.41) is 5.12. The van der Waals surface area contributed by atoms with E-state index in [4.69, 9.17) is 4.74 Å². The molecule has 1 saturated heterocycles. The summed E-state index contributed by atoms with van der Waals surface area (Å²) in [4.78, 5) is 4.05. The Bertz CT molecular complexity index is 614. The summed E-state index contributed by atoms with van der Waals surface area (Å²) >= 11 is 1.96. The van der Waals surface area contributed by atoms with Crippen molar-refractivity contribution in [1.82, 2.24) is 10.2 Å². The lowest BCUT2D eigenvalue weighted by Gasteiger charge is -2.27. The average molecular weight is 302 g/mol. The van der Waals surface area contributed by atoms with Gasteiger partial charge in [-0.25, -0.2) is 0 Å². The predicted molar refractivity (Wildman–Crippen MR) is 87.8 cm³/mol. The van der Waals surface area contributed by atoms with Crippen LogP contribution in [0.3, 0.4) is 0 Å². The molecule has 1 aromatic carbocycles. The molecule has 0 amide bonds. The van der Waals surface area contributed by atoms with Gasteiger partial charge in [-0.2, -0.15) is 0 Å². The van der Waals surface area contributed by atoms with E-state index in [0.717, 1.165) is 45.4 Å². The molecule has 4 heteroatoms. The first-order valence-corrected chi connectivity index (χ1v) is 8.74. The first kappa shape index (κ1) is 13.7. The number of ether oxygens (including phenoxy) is 1. The topological polar surface area (TPSA) is 24.5 Å². The summed E-state index contributed by atoms with van der Waals surface area (Å²) < 4.78 is 6.90. The molecule has 2 aliphatic rings. The van der Waals surface area contributed by atoms with Gasteiger partial charge in [0.1, 0.15) is 0 Å². The molecule has 0 unspecified atom stereocenters. The molecule has 0 atom stereocenters. The Morgan fingerprint density at radius 3 is 2.81 bits per heavy atom. The first-order valence-electron chi connectivity index (χ1n) is 7.93. The van der Waals surface area contributed by atoms with Crippen LogP contribution in [0.25, 0.3) is 10.1 Å². The molecular formula is C17H22N2OS. The lowest BCUT2D eigenvalue weighted by Crippen LogP contribution is -2.35. The number of hydrogen-bond donors (Lipinski definition) is 1. The molecule has 2 aromatic rings. The highest BCUT2D eigenvalue weighted by atomic mass is 32.1. The van der Waals surface area contributed by atoms with Crippen molar-refractivity contribution < 1.29 is 4.74 Å². The molecule has 1 aromatic heterocycles. The third-order valence-corrected chi connectivity index (χ3v) is 5.61. The number of rotatable bonds is 5. The molecule has 2 fully saturated rings. The SMILES string of the molecule is c1ccc2c(CN3CCOCC3)c(CNC3CC3)sc2c1. The van der Waals surface area contributed by atoms with Gasteiger partial charge in [-0.15, -0.1) is 11.3 Å². The van der Waals surface area contributed by atoms with Gasteiger partial charge in [0.15, 0.2) is 0 Å². The molecule has 1 aliphatic carbocycles. The second kappa shape index (κ2) is 6.05. The van der Waals surface area contributed by atoms with E-state index in [1.54, 1.807) is 0 Å².